The lowest BCUT2D eigenvalue weighted by atomic mass is 10.0. The number of hydrogen-bond donors (Lipinski definition) is 3. The second-order valence-electron chi connectivity index (χ2n) is 8.17. The summed E-state index contributed by atoms with van der Waals surface area (Å²) in [6.07, 6.45) is 2.86. The predicted octanol–water partition coefficient (Wildman–Crippen LogP) is 4.57. The number of ether oxygens (including phenoxy) is 1. The number of nitrogens with two attached hydrogens (primary N) is 1. The summed E-state index contributed by atoms with van der Waals surface area (Å²) in [7, 11) is 0. The molecule has 0 bridgehead atoms. The van der Waals surface area contributed by atoms with E-state index in [0.29, 0.717) is 30.0 Å². The molecule has 4 aromatic rings. The molecule has 0 spiro atoms. The summed E-state index contributed by atoms with van der Waals surface area (Å²) < 4.78 is 34.3. The number of rotatable bonds is 9. The van der Waals surface area contributed by atoms with Crippen LogP contribution < -0.4 is 15.8 Å². The molecule has 7 nitrogen and oxygen atoms in total. The van der Waals surface area contributed by atoms with Crippen molar-refractivity contribution < 1.29 is 23.1 Å². The molecule has 0 saturated heterocycles. The lowest BCUT2D eigenvalue weighted by Gasteiger charge is -2.10. The van der Waals surface area contributed by atoms with E-state index >= 15 is 0 Å². The molecule has 0 aliphatic heterocycles. The van der Waals surface area contributed by atoms with E-state index in [1.165, 1.54) is 30.5 Å². The first-order valence-corrected chi connectivity index (χ1v) is 11.2. The average Bonchev–Trinajstić information content (AvgIpc) is 3.37. The number of halogens is 2. The molecule has 0 fully saturated rings. The molecule has 0 aliphatic rings. The minimum absolute atomic E-state index is 0.156. The minimum Gasteiger partial charge on any atom is -0.454 e. The van der Waals surface area contributed by atoms with Gasteiger partial charge in [0.25, 0.3) is 5.91 Å². The average molecular weight is 491 g/mol. The Morgan fingerprint density at radius 1 is 1.03 bits per heavy atom. The fraction of sp³-hybridized carbons (Fsp3) is 0.148. The van der Waals surface area contributed by atoms with Gasteiger partial charge in [-0.1, -0.05) is 17.7 Å². The van der Waals surface area contributed by atoms with Crippen LogP contribution in [0, 0.1) is 18.6 Å². The molecular formula is C27H24F2N4O3. The highest BCUT2D eigenvalue weighted by Crippen LogP contribution is 2.29. The number of aromatic amines is 1. The quantitative estimate of drug-likeness (QED) is 0.298. The van der Waals surface area contributed by atoms with Crippen molar-refractivity contribution in [2.75, 3.05) is 13.1 Å². The van der Waals surface area contributed by atoms with Crippen LogP contribution in [-0.2, 0) is 6.42 Å². The van der Waals surface area contributed by atoms with Crippen LogP contribution in [0.1, 0.15) is 31.8 Å². The number of aromatic nitrogens is 2. The maximum absolute atomic E-state index is 14.5. The molecule has 2 aromatic carbocycles. The van der Waals surface area contributed by atoms with Gasteiger partial charge in [-0.05, 0) is 48.9 Å². The van der Waals surface area contributed by atoms with E-state index in [2.05, 4.69) is 15.3 Å². The SMILES string of the molecule is Cc1ccc(F)c(CC(=O)c2ccc(F)c(Oc3ccnc(-c4cc(C(=O)NCCN)c[nH]4)c3)c2)c1. The van der Waals surface area contributed by atoms with E-state index < -0.39 is 11.6 Å². The number of carbonyl (C=O) groups is 2. The number of amides is 1. The first-order valence-electron chi connectivity index (χ1n) is 11.2. The zero-order chi connectivity index (χ0) is 25.7. The van der Waals surface area contributed by atoms with Crippen LogP contribution in [-0.4, -0.2) is 34.7 Å². The van der Waals surface area contributed by atoms with E-state index in [0.717, 1.165) is 11.6 Å². The Labute approximate surface area is 206 Å². The Morgan fingerprint density at radius 2 is 1.83 bits per heavy atom. The van der Waals surface area contributed by atoms with Gasteiger partial charge in [0.05, 0.1) is 17.0 Å². The molecule has 1 amide bonds. The summed E-state index contributed by atoms with van der Waals surface area (Å²) in [6, 6.07) is 13.1. The van der Waals surface area contributed by atoms with Gasteiger partial charge in [-0.15, -0.1) is 0 Å². The molecule has 4 N–H and O–H groups in total. The lowest BCUT2D eigenvalue weighted by molar-refractivity contribution is 0.0953. The van der Waals surface area contributed by atoms with Gasteiger partial charge in [-0.25, -0.2) is 8.78 Å². The Balaban J connectivity index is 1.52. The third-order valence-corrected chi connectivity index (χ3v) is 5.42. The van der Waals surface area contributed by atoms with Crippen molar-refractivity contribution in [2.45, 2.75) is 13.3 Å². The Hall–Kier alpha value is -4.37. The van der Waals surface area contributed by atoms with Crippen molar-refractivity contribution in [3.8, 4) is 22.9 Å². The van der Waals surface area contributed by atoms with Crippen LogP contribution in [0.4, 0.5) is 8.78 Å². The molecule has 0 aliphatic carbocycles. The van der Waals surface area contributed by atoms with E-state index in [9.17, 15) is 18.4 Å². The van der Waals surface area contributed by atoms with Gasteiger partial charge in [0.1, 0.15) is 11.6 Å². The molecule has 0 unspecified atom stereocenters. The van der Waals surface area contributed by atoms with Crippen LogP contribution in [0.25, 0.3) is 11.4 Å². The molecule has 36 heavy (non-hydrogen) atoms. The van der Waals surface area contributed by atoms with Crippen LogP contribution in [0.15, 0.2) is 67.0 Å². The predicted molar refractivity (Wildman–Crippen MR) is 131 cm³/mol. The van der Waals surface area contributed by atoms with Gasteiger partial charge in [0, 0.05) is 43.5 Å². The number of ketones is 1. The number of Topliss-reactive ketones (excluding diaryl/α,β-unsaturated/α-hetero) is 1. The summed E-state index contributed by atoms with van der Waals surface area (Å²) in [4.78, 5) is 32.1. The summed E-state index contributed by atoms with van der Waals surface area (Å²) in [5.41, 5.74) is 8.14. The number of H-pyrrole nitrogens is 1. The van der Waals surface area contributed by atoms with E-state index in [1.54, 1.807) is 30.5 Å². The van der Waals surface area contributed by atoms with E-state index in [-0.39, 0.29) is 40.7 Å². The monoisotopic (exact) mass is 490 g/mol. The first kappa shape index (κ1) is 24.7. The highest BCUT2D eigenvalue weighted by molar-refractivity contribution is 5.98. The highest BCUT2D eigenvalue weighted by Gasteiger charge is 2.15. The molecule has 2 aromatic heterocycles. The molecule has 4 rings (SSSR count). The fourth-order valence-corrected chi connectivity index (χ4v) is 3.58. The molecule has 0 atom stereocenters. The number of hydrogen-bond acceptors (Lipinski definition) is 5. The maximum Gasteiger partial charge on any atom is 0.252 e. The number of carbonyl (C=O) groups excluding carboxylic acids is 2. The summed E-state index contributed by atoms with van der Waals surface area (Å²) >= 11 is 0. The molecular weight excluding hydrogens is 466 g/mol. The van der Waals surface area contributed by atoms with Crippen molar-refractivity contribution in [3.05, 3.63) is 101 Å². The highest BCUT2D eigenvalue weighted by atomic mass is 19.1. The van der Waals surface area contributed by atoms with Gasteiger partial charge in [0.15, 0.2) is 17.3 Å². The second kappa shape index (κ2) is 10.9. The van der Waals surface area contributed by atoms with Crippen molar-refractivity contribution in [1.82, 2.24) is 15.3 Å². The molecule has 0 saturated carbocycles. The molecule has 9 heteroatoms. The van der Waals surface area contributed by atoms with Crippen molar-refractivity contribution >= 4 is 11.7 Å². The summed E-state index contributed by atoms with van der Waals surface area (Å²) in [6.45, 7) is 2.50. The minimum atomic E-state index is -0.662. The van der Waals surface area contributed by atoms with Crippen molar-refractivity contribution in [1.29, 1.82) is 0 Å². The summed E-state index contributed by atoms with van der Waals surface area (Å²) in [5.74, 6) is -1.66. The van der Waals surface area contributed by atoms with Crippen LogP contribution in [0.2, 0.25) is 0 Å². The molecule has 0 radical (unpaired) electrons. The largest absolute Gasteiger partial charge is 0.454 e. The standard InChI is InChI=1S/C27H24F2N4O3/c1-16-2-4-21(28)18(10-16)12-25(34)17-3-5-22(29)26(13-17)36-20-6-8-31-24(14-20)23-11-19(15-33-23)27(35)32-9-7-30/h2-6,8,10-11,13-15,33H,7,9,12,30H2,1H3,(H,32,35). The van der Waals surface area contributed by atoms with E-state index in [4.69, 9.17) is 10.5 Å². The van der Waals surface area contributed by atoms with Crippen LogP contribution in [0.5, 0.6) is 11.5 Å². The number of aryl methyl sites for hydroxylation is 1. The van der Waals surface area contributed by atoms with Gasteiger partial charge in [-0.2, -0.15) is 0 Å². The fourth-order valence-electron chi connectivity index (χ4n) is 3.58. The Kier molecular flexibility index (Phi) is 7.50. The third-order valence-electron chi connectivity index (χ3n) is 5.42. The summed E-state index contributed by atoms with van der Waals surface area (Å²) in [5, 5.41) is 2.68. The second-order valence-corrected chi connectivity index (χ2v) is 8.17. The number of pyridine rings is 1. The number of benzene rings is 2. The van der Waals surface area contributed by atoms with E-state index in [1.807, 2.05) is 6.92 Å². The normalized spacial score (nSPS) is 10.8. The third kappa shape index (κ3) is 5.81. The zero-order valence-electron chi connectivity index (χ0n) is 19.5. The molecule has 2 heterocycles. The first-order chi connectivity index (χ1) is 17.3. The zero-order valence-corrected chi connectivity index (χ0v) is 19.5. The topological polar surface area (TPSA) is 110 Å². The lowest BCUT2D eigenvalue weighted by Crippen LogP contribution is -2.28. The smallest absolute Gasteiger partial charge is 0.252 e. The number of nitrogens with zero attached hydrogens (tertiary/aromatic N) is 1. The van der Waals surface area contributed by atoms with Gasteiger partial charge >= 0.3 is 0 Å². The Morgan fingerprint density at radius 3 is 2.64 bits per heavy atom. The Bertz CT molecular complexity index is 1420. The van der Waals surface area contributed by atoms with Gasteiger partial charge in [0.2, 0.25) is 0 Å². The van der Waals surface area contributed by atoms with Gasteiger partial charge in [-0.3, -0.25) is 14.6 Å². The maximum atomic E-state index is 14.5. The van der Waals surface area contributed by atoms with Crippen molar-refractivity contribution in [2.24, 2.45) is 5.73 Å². The van der Waals surface area contributed by atoms with Crippen LogP contribution >= 0.6 is 0 Å². The number of nitrogens with one attached hydrogen (secondary N) is 2. The van der Waals surface area contributed by atoms with Crippen molar-refractivity contribution in [3.63, 3.8) is 0 Å². The molecule has 184 valence electrons. The van der Waals surface area contributed by atoms with Gasteiger partial charge < -0.3 is 20.8 Å². The van der Waals surface area contributed by atoms with Crippen LogP contribution in [0.3, 0.4) is 0 Å².